The van der Waals surface area contributed by atoms with Crippen molar-refractivity contribution < 1.29 is 18.0 Å². The Kier molecular flexibility index (Phi) is 3.45. The second kappa shape index (κ2) is 5.30. The van der Waals surface area contributed by atoms with Gasteiger partial charge >= 0.3 is 0 Å². The van der Waals surface area contributed by atoms with Gasteiger partial charge in [-0.25, -0.2) is 8.42 Å². The van der Waals surface area contributed by atoms with Crippen LogP contribution in [0.1, 0.15) is 41.9 Å². The molecule has 0 radical (unpaired) electrons. The van der Waals surface area contributed by atoms with E-state index in [0.717, 1.165) is 18.5 Å². The van der Waals surface area contributed by atoms with Crippen molar-refractivity contribution in [2.24, 2.45) is 0 Å². The van der Waals surface area contributed by atoms with Gasteiger partial charge in [-0.15, -0.1) is 0 Å². The largest absolute Gasteiger partial charge is 0.335 e. The van der Waals surface area contributed by atoms with Crippen LogP contribution in [0.5, 0.6) is 0 Å². The third kappa shape index (κ3) is 2.60. The Bertz CT molecular complexity index is 798. The molecule has 4 rings (SSSR count). The van der Waals surface area contributed by atoms with E-state index in [9.17, 15) is 18.0 Å². The zero-order valence-corrected chi connectivity index (χ0v) is 14.3. The van der Waals surface area contributed by atoms with Gasteiger partial charge in [0.1, 0.15) is 5.69 Å². The van der Waals surface area contributed by atoms with Crippen molar-refractivity contribution in [2.75, 3.05) is 24.6 Å². The topological polar surface area (TPSA) is 103 Å². The fraction of sp³-hybridized carbons (Fsp3) is 0.667. The van der Waals surface area contributed by atoms with Crippen molar-refractivity contribution in [3.8, 4) is 0 Å². The van der Waals surface area contributed by atoms with Crippen molar-refractivity contribution in [1.82, 2.24) is 20.0 Å². The number of carbonyl (C=O) groups is 2. The van der Waals surface area contributed by atoms with E-state index in [1.54, 1.807) is 15.9 Å². The summed E-state index contributed by atoms with van der Waals surface area (Å²) < 4.78 is 24.1. The van der Waals surface area contributed by atoms with Crippen molar-refractivity contribution >= 4 is 21.7 Å². The molecule has 1 aromatic rings. The van der Waals surface area contributed by atoms with Gasteiger partial charge in [0, 0.05) is 31.6 Å². The number of nitrogens with one attached hydrogen (secondary N) is 1. The number of fused-ring (bicyclic) bond motifs is 1. The summed E-state index contributed by atoms with van der Waals surface area (Å²) in [6, 6.07) is 0.837. The molecule has 9 heteroatoms. The van der Waals surface area contributed by atoms with Gasteiger partial charge in [0.2, 0.25) is 5.91 Å². The van der Waals surface area contributed by atoms with Gasteiger partial charge in [-0.2, -0.15) is 5.10 Å². The number of aromatic amines is 1. The first-order valence-corrected chi connectivity index (χ1v) is 10.0. The number of nitrogens with zero attached hydrogens (tertiary/aromatic N) is 3. The Balaban J connectivity index is 1.60. The lowest BCUT2D eigenvalue weighted by atomic mass is 10.0. The zero-order valence-electron chi connectivity index (χ0n) is 13.4. The van der Waals surface area contributed by atoms with E-state index in [2.05, 4.69) is 10.2 Å². The van der Waals surface area contributed by atoms with Gasteiger partial charge in [0.15, 0.2) is 9.84 Å². The molecule has 3 heterocycles. The predicted molar refractivity (Wildman–Crippen MR) is 85.2 cm³/mol. The van der Waals surface area contributed by atoms with Gasteiger partial charge in [-0.3, -0.25) is 14.7 Å². The number of rotatable bonds is 2. The molecule has 3 fully saturated rings. The van der Waals surface area contributed by atoms with Gasteiger partial charge in [-0.1, -0.05) is 0 Å². The molecule has 24 heavy (non-hydrogen) atoms. The van der Waals surface area contributed by atoms with Crippen LogP contribution < -0.4 is 0 Å². The SMILES string of the molecule is CC(=O)N1CCN(C(=O)c2cc(C3CC3)[nH]n2)[C@H]2CS(=O)(=O)C[C@H]21. The monoisotopic (exact) mass is 352 g/mol. The first-order chi connectivity index (χ1) is 11.4. The minimum absolute atomic E-state index is 0.0745. The fourth-order valence-electron chi connectivity index (χ4n) is 3.79. The van der Waals surface area contributed by atoms with Crippen LogP contribution in [0.25, 0.3) is 0 Å². The molecule has 2 aliphatic heterocycles. The summed E-state index contributed by atoms with van der Waals surface area (Å²) in [7, 11) is -3.26. The first-order valence-electron chi connectivity index (χ1n) is 8.19. The number of piperazine rings is 1. The highest BCUT2D eigenvalue weighted by Crippen LogP contribution is 2.39. The molecule has 1 aromatic heterocycles. The van der Waals surface area contributed by atoms with E-state index in [1.165, 1.54) is 6.92 Å². The first kappa shape index (κ1) is 15.6. The Labute approximate surface area is 140 Å². The summed E-state index contributed by atoms with van der Waals surface area (Å²) in [6.07, 6.45) is 2.21. The minimum atomic E-state index is -3.26. The Hall–Kier alpha value is -1.90. The molecule has 8 nitrogen and oxygen atoms in total. The van der Waals surface area contributed by atoms with Gasteiger partial charge < -0.3 is 9.80 Å². The van der Waals surface area contributed by atoms with Gasteiger partial charge in [0.25, 0.3) is 5.91 Å². The van der Waals surface area contributed by atoms with E-state index in [-0.39, 0.29) is 23.3 Å². The van der Waals surface area contributed by atoms with Crippen LogP contribution in [-0.2, 0) is 14.6 Å². The Morgan fingerprint density at radius 1 is 1.17 bits per heavy atom. The molecular weight excluding hydrogens is 332 g/mol. The summed E-state index contributed by atoms with van der Waals surface area (Å²) in [5.74, 6) is -0.103. The van der Waals surface area contributed by atoms with Crippen LogP contribution in [0, 0.1) is 0 Å². The summed E-state index contributed by atoms with van der Waals surface area (Å²) >= 11 is 0. The van der Waals surface area contributed by atoms with Crippen LogP contribution in [-0.4, -0.2) is 76.9 Å². The molecule has 0 unspecified atom stereocenters. The van der Waals surface area contributed by atoms with Crippen LogP contribution in [0.15, 0.2) is 6.07 Å². The highest BCUT2D eigenvalue weighted by molar-refractivity contribution is 7.91. The third-order valence-electron chi connectivity index (χ3n) is 5.18. The number of hydrogen-bond acceptors (Lipinski definition) is 5. The maximum absolute atomic E-state index is 12.8. The molecule has 3 aliphatic rings. The Morgan fingerprint density at radius 2 is 1.79 bits per heavy atom. The van der Waals surface area contributed by atoms with Crippen LogP contribution in [0.4, 0.5) is 0 Å². The summed E-state index contributed by atoms with van der Waals surface area (Å²) in [5.41, 5.74) is 1.30. The van der Waals surface area contributed by atoms with E-state index in [4.69, 9.17) is 0 Å². The third-order valence-corrected chi connectivity index (χ3v) is 6.87. The number of aromatic nitrogens is 2. The molecule has 1 aliphatic carbocycles. The van der Waals surface area contributed by atoms with Crippen molar-refractivity contribution in [3.63, 3.8) is 0 Å². The van der Waals surface area contributed by atoms with Gasteiger partial charge in [-0.05, 0) is 18.9 Å². The average Bonchev–Trinajstić information content (AvgIpc) is 3.14. The standard InChI is InChI=1S/C15H20N4O4S/c1-9(20)18-4-5-19(14-8-24(22,23)7-13(14)18)15(21)12-6-11(16-17-12)10-2-3-10/h6,10,13-14H,2-5,7-8H2,1H3,(H,16,17)/t13-,14+/m1/s1. The van der Waals surface area contributed by atoms with E-state index < -0.39 is 21.9 Å². The summed E-state index contributed by atoms with van der Waals surface area (Å²) in [6.45, 7) is 2.13. The fourth-order valence-corrected chi connectivity index (χ4v) is 5.77. The molecule has 0 bridgehead atoms. The smallest absolute Gasteiger partial charge is 0.274 e. The molecule has 1 saturated carbocycles. The molecular formula is C15H20N4O4S. The van der Waals surface area contributed by atoms with Gasteiger partial charge in [0.05, 0.1) is 23.6 Å². The Morgan fingerprint density at radius 3 is 2.42 bits per heavy atom. The summed E-state index contributed by atoms with van der Waals surface area (Å²) in [5, 5.41) is 7.02. The lowest BCUT2D eigenvalue weighted by molar-refractivity contribution is -0.133. The van der Waals surface area contributed by atoms with Crippen LogP contribution in [0.2, 0.25) is 0 Å². The highest BCUT2D eigenvalue weighted by Gasteiger charge is 2.49. The molecule has 2 amide bonds. The normalized spacial score (nSPS) is 28.7. The average molecular weight is 352 g/mol. The molecule has 2 atom stereocenters. The molecule has 1 N–H and O–H groups in total. The lowest BCUT2D eigenvalue weighted by Gasteiger charge is -2.43. The van der Waals surface area contributed by atoms with Crippen LogP contribution in [0.3, 0.4) is 0 Å². The molecule has 2 saturated heterocycles. The maximum atomic E-state index is 12.8. The van der Waals surface area contributed by atoms with Crippen LogP contribution >= 0.6 is 0 Å². The number of H-pyrrole nitrogens is 1. The zero-order chi connectivity index (χ0) is 17.1. The second-order valence-electron chi connectivity index (χ2n) is 6.91. The maximum Gasteiger partial charge on any atom is 0.274 e. The number of hydrogen-bond donors (Lipinski definition) is 1. The second-order valence-corrected chi connectivity index (χ2v) is 9.06. The molecule has 130 valence electrons. The van der Waals surface area contributed by atoms with Crippen molar-refractivity contribution in [1.29, 1.82) is 0 Å². The van der Waals surface area contributed by atoms with Crippen molar-refractivity contribution in [2.45, 2.75) is 37.8 Å². The van der Waals surface area contributed by atoms with E-state index >= 15 is 0 Å². The number of carbonyl (C=O) groups excluding carboxylic acids is 2. The van der Waals surface area contributed by atoms with Crippen molar-refractivity contribution in [3.05, 3.63) is 17.5 Å². The summed E-state index contributed by atoms with van der Waals surface area (Å²) in [4.78, 5) is 27.8. The number of amides is 2. The van der Waals surface area contributed by atoms with E-state index in [1.807, 2.05) is 0 Å². The highest BCUT2D eigenvalue weighted by atomic mass is 32.2. The quantitative estimate of drug-likeness (QED) is 0.791. The predicted octanol–water partition coefficient (Wildman–Crippen LogP) is -0.243. The van der Waals surface area contributed by atoms with E-state index in [0.29, 0.717) is 24.7 Å². The molecule has 0 spiro atoms. The lowest BCUT2D eigenvalue weighted by Crippen LogP contribution is -2.61. The number of sulfone groups is 1. The molecule has 0 aromatic carbocycles. The minimum Gasteiger partial charge on any atom is -0.335 e.